The number of hydrogen-bond acceptors (Lipinski definition) is 2. The number of hydrogen-bond donors (Lipinski definition) is 0. The van der Waals surface area contributed by atoms with E-state index in [1.54, 1.807) is 18.9 Å². The van der Waals surface area contributed by atoms with Crippen LogP contribution < -0.4 is 0 Å². The summed E-state index contributed by atoms with van der Waals surface area (Å²) in [6.45, 7) is 2.98. The lowest BCUT2D eigenvalue weighted by atomic mass is 10.2. The number of ether oxygens (including phenoxy) is 1. The summed E-state index contributed by atoms with van der Waals surface area (Å²) >= 11 is 0. The highest BCUT2D eigenvalue weighted by atomic mass is 16.5. The zero-order valence-electron chi connectivity index (χ0n) is 5.76. The van der Waals surface area contributed by atoms with Crippen LogP contribution in [0.5, 0.6) is 0 Å². The Balaban J connectivity index is 2.32. The van der Waals surface area contributed by atoms with E-state index >= 15 is 0 Å². The SMILES string of the molecule is CC(=O)N(C)C1COC1. The fourth-order valence-electron chi connectivity index (χ4n) is 0.704. The third-order valence-corrected chi connectivity index (χ3v) is 1.66. The molecule has 0 bridgehead atoms. The molecule has 0 atom stereocenters. The first-order valence-electron chi connectivity index (χ1n) is 3.03. The predicted octanol–water partition coefficient (Wildman–Crippen LogP) is -0.137. The summed E-state index contributed by atoms with van der Waals surface area (Å²) < 4.78 is 4.91. The summed E-state index contributed by atoms with van der Waals surface area (Å²) in [5, 5.41) is 0. The maximum absolute atomic E-state index is 10.6. The van der Waals surface area contributed by atoms with Gasteiger partial charge < -0.3 is 9.64 Å². The molecule has 0 aromatic rings. The Hall–Kier alpha value is -0.570. The number of rotatable bonds is 1. The second kappa shape index (κ2) is 2.35. The summed E-state index contributed by atoms with van der Waals surface area (Å²) in [6.07, 6.45) is 0. The van der Waals surface area contributed by atoms with E-state index in [0.717, 1.165) is 0 Å². The third-order valence-electron chi connectivity index (χ3n) is 1.66. The van der Waals surface area contributed by atoms with E-state index in [1.165, 1.54) is 0 Å². The quantitative estimate of drug-likeness (QED) is 0.493. The molecule has 1 fully saturated rings. The van der Waals surface area contributed by atoms with E-state index in [4.69, 9.17) is 4.74 Å². The Kier molecular flexibility index (Phi) is 1.71. The third kappa shape index (κ3) is 1.21. The van der Waals surface area contributed by atoms with Gasteiger partial charge in [0.05, 0.1) is 19.3 Å². The molecule has 0 aliphatic carbocycles. The Morgan fingerprint density at radius 1 is 1.67 bits per heavy atom. The van der Waals surface area contributed by atoms with Crippen LogP contribution in [-0.2, 0) is 9.53 Å². The molecule has 0 aromatic carbocycles. The normalized spacial score (nSPS) is 18.9. The minimum Gasteiger partial charge on any atom is -0.377 e. The van der Waals surface area contributed by atoms with Gasteiger partial charge in [-0.25, -0.2) is 0 Å². The van der Waals surface area contributed by atoms with Crippen molar-refractivity contribution in [2.45, 2.75) is 13.0 Å². The summed E-state index contributed by atoms with van der Waals surface area (Å²) in [5.74, 6) is 0.114. The summed E-state index contributed by atoms with van der Waals surface area (Å²) in [6, 6.07) is 0.336. The molecule has 1 aliphatic heterocycles. The Morgan fingerprint density at radius 3 is 2.33 bits per heavy atom. The highest BCUT2D eigenvalue weighted by Gasteiger charge is 2.24. The van der Waals surface area contributed by atoms with Gasteiger partial charge in [0.15, 0.2) is 0 Å². The first-order chi connectivity index (χ1) is 4.22. The molecule has 3 nitrogen and oxygen atoms in total. The zero-order chi connectivity index (χ0) is 6.85. The molecule has 1 amide bonds. The average Bonchev–Trinajstić information content (AvgIpc) is 1.60. The molecule has 0 radical (unpaired) electrons. The maximum atomic E-state index is 10.6. The van der Waals surface area contributed by atoms with Crippen molar-refractivity contribution < 1.29 is 9.53 Å². The van der Waals surface area contributed by atoms with Crippen LogP contribution in [-0.4, -0.2) is 37.1 Å². The van der Waals surface area contributed by atoms with Crippen molar-refractivity contribution in [1.29, 1.82) is 0 Å². The average molecular weight is 129 g/mol. The lowest BCUT2D eigenvalue weighted by molar-refractivity contribution is -0.139. The van der Waals surface area contributed by atoms with Crippen molar-refractivity contribution in [3.63, 3.8) is 0 Å². The van der Waals surface area contributed by atoms with Gasteiger partial charge in [-0.15, -0.1) is 0 Å². The van der Waals surface area contributed by atoms with Crippen LogP contribution >= 0.6 is 0 Å². The van der Waals surface area contributed by atoms with Gasteiger partial charge in [-0.3, -0.25) is 4.79 Å². The van der Waals surface area contributed by atoms with E-state index in [2.05, 4.69) is 0 Å². The first-order valence-corrected chi connectivity index (χ1v) is 3.03. The van der Waals surface area contributed by atoms with Crippen LogP contribution in [0.4, 0.5) is 0 Å². The molecule has 0 spiro atoms. The predicted molar refractivity (Wildman–Crippen MR) is 33.1 cm³/mol. The second-order valence-electron chi connectivity index (χ2n) is 2.32. The van der Waals surface area contributed by atoms with E-state index in [1.807, 2.05) is 0 Å². The van der Waals surface area contributed by atoms with Crippen LogP contribution in [0.2, 0.25) is 0 Å². The van der Waals surface area contributed by atoms with Crippen LogP contribution in [0.3, 0.4) is 0 Å². The van der Waals surface area contributed by atoms with E-state index in [-0.39, 0.29) is 5.91 Å². The molecule has 0 aromatic heterocycles. The molecular weight excluding hydrogens is 118 g/mol. The van der Waals surface area contributed by atoms with Crippen LogP contribution in [0.25, 0.3) is 0 Å². The molecule has 1 saturated heterocycles. The van der Waals surface area contributed by atoms with Crippen LogP contribution in [0.15, 0.2) is 0 Å². The lowest BCUT2D eigenvalue weighted by Crippen LogP contribution is -2.48. The van der Waals surface area contributed by atoms with Crippen LogP contribution in [0, 0.1) is 0 Å². The van der Waals surface area contributed by atoms with Gasteiger partial charge >= 0.3 is 0 Å². The van der Waals surface area contributed by atoms with Crippen LogP contribution in [0.1, 0.15) is 6.92 Å². The minimum absolute atomic E-state index is 0.114. The van der Waals surface area contributed by atoms with Gasteiger partial charge in [-0.05, 0) is 0 Å². The molecular formula is C6H11NO2. The summed E-state index contributed by atoms with van der Waals surface area (Å²) in [4.78, 5) is 12.4. The van der Waals surface area contributed by atoms with Gasteiger partial charge in [-0.2, -0.15) is 0 Å². The fourth-order valence-corrected chi connectivity index (χ4v) is 0.704. The van der Waals surface area contributed by atoms with Gasteiger partial charge in [-0.1, -0.05) is 0 Å². The van der Waals surface area contributed by atoms with E-state index in [0.29, 0.717) is 19.3 Å². The molecule has 3 heteroatoms. The molecule has 0 unspecified atom stereocenters. The minimum atomic E-state index is 0.114. The highest BCUT2D eigenvalue weighted by Crippen LogP contribution is 2.07. The largest absolute Gasteiger partial charge is 0.377 e. The van der Waals surface area contributed by atoms with Crippen molar-refractivity contribution in [3.8, 4) is 0 Å². The molecule has 1 heterocycles. The van der Waals surface area contributed by atoms with Crippen molar-refractivity contribution in [3.05, 3.63) is 0 Å². The zero-order valence-corrected chi connectivity index (χ0v) is 5.76. The first kappa shape index (κ1) is 6.55. The molecule has 1 rings (SSSR count). The highest BCUT2D eigenvalue weighted by molar-refractivity contribution is 5.73. The number of nitrogens with zero attached hydrogens (tertiary/aromatic N) is 1. The molecule has 1 aliphatic rings. The number of carbonyl (C=O) groups excluding carboxylic acids is 1. The Labute approximate surface area is 54.6 Å². The standard InChI is InChI=1S/C6H11NO2/c1-5(8)7(2)6-3-9-4-6/h6H,3-4H2,1-2H3. The molecule has 52 valence electrons. The number of carbonyl (C=O) groups is 1. The van der Waals surface area contributed by atoms with E-state index in [9.17, 15) is 4.79 Å². The number of amides is 1. The second-order valence-corrected chi connectivity index (χ2v) is 2.32. The topological polar surface area (TPSA) is 29.5 Å². The summed E-state index contributed by atoms with van der Waals surface area (Å²) in [7, 11) is 1.80. The molecule has 0 saturated carbocycles. The van der Waals surface area contributed by atoms with Gasteiger partial charge in [0.25, 0.3) is 0 Å². The van der Waals surface area contributed by atoms with Gasteiger partial charge in [0.2, 0.25) is 5.91 Å². The van der Waals surface area contributed by atoms with Crippen molar-refractivity contribution in [2.24, 2.45) is 0 Å². The Bertz CT molecular complexity index is 120. The monoisotopic (exact) mass is 129 g/mol. The van der Waals surface area contributed by atoms with Gasteiger partial charge in [0, 0.05) is 14.0 Å². The van der Waals surface area contributed by atoms with Crippen molar-refractivity contribution in [2.75, 3.05) is 20.3 Å². The number of likely N-dealkylation sites (N-methyl/N-ethyl adjacent to an activating group) is 1. The van der Waals surface area contributed by atoms with Crippen molar-refractivity contribution in [1.82, 2.24) is 4.90 Å². The lowest BCUT2D eigenvalue weighted by Gasteiger charge is -2.33. The molecule has 9 heavy (non-hydrogen) atoms. The Morgan fingerprint density at radius 2 is 2.22 bits per heavy atom. The van der Waals surface area contributed by atoms with Gasteiger partial charge in [0.1, 0.15) is 0 Å². The maximum Gasteiger partial charge on any atom is 0.219 e. The van der Waals surface area contributed by atoms with E-state index < -0.39 is 0 Å². The molecule has 0 N–H and O–H groups in total. The van der Waals surface area contributed by atoms with Crippen molar-refractivity contribution >= 4 is 5.91 Å². The summed E-state index contributed by atoms with van der Waals surface area (Å²) in [5.41, 5.74) is 0. The smallest absolute Gasteiger partial charge is 0.219 e. The fraction of sp³-hybridized carbons (Fsp3) is 0.833.